The average Bonchev–Trinajstić information content (AvgIpc) is 3.50. The molecule has 1 aromatic carbocycles. The first-order chi connectivity index (χ1) is 14.7. The van der Waals surface area contributed by atoms with Crippen molar-refractivity contribution < 1.29 is 9.53 Å². The Morgan fingerprint density at radius 3 is 2.40 bits per heavy atom. The van der Waals surface area contributed by atoms with Crippen LogP contribution in [0.15, 0.2) is 36.4 Å². The van der Waals surface area contributed by atoms with Gasteiger partial charge in [0.25, 0.3) is 0 Å². The first-order valence-corrected chi connectivity index (χ1v) is 11.5. The predicted octanol–water partition coefficient (Wildman–Crippen LogP) is 5.02. The zero-order valence-corrected chi connectivity index (χ0v) is 17.7. The number of carbonyl (C=O) groups is 1. The second kappa shape index (κ2) is 8.38. The number of rotatable bonds is 5. The van der Waals surface area contributed by atoms with Gasteiger partial charge >= 0.3 is 0 Å². The van der Waals surface area contributed by atoms with Crippen molar-refractivity contribution in [1.29, 1.82) is 0 Å². The van der Waals surface area contributed by atoms with Crippen LogP contribution in [0, 0.1) is 24.7 Å². The van der Waals surface area contributed by atoms with Gasteiger partial charge in [0.05, 0.1) is 0 Å². The highest BCUT2D eigenvalue weighted by Crippen LogP contribution is 2.55. The van der Waals surface area contributed by atoms with E-state index in [9.17, 15) is 4.79 Å². The summed E-state index contributed by atoms with van der Waals surface area (Å²) in [4.78, 5) is 17.3. The fraction of sp³-hybridized carbons (Fsp3) is 0.520. The standard InChI is InChI=1S/C25H31N3O2/c1-16-14-20(15-23(27-16)17-10-12-26-13-11-17)30-19-8-6-18(7-9-19)28-25(29)24-21-4-2-3-5-22(21)24/h6-9,14-15,17,21-22,24,26H,2-5,10-13H2,1H3,(H,28,29). The molecular formula is C25H31N3O2. The number of fused-ring (bicyclic) bond motifs is 1. The van der Waals surface area contributed by atoms with Crippen LogP contribution in [0.25, 0.3) is 0 Å². The van der Waals surface area contributed by atoms with Gasteiger partial charge in [-0.15, -0.1) is 0 Å². The molecule has 5 heteroatoms. The van der Waals surface area contributed by atoms with Crippen LogP contribution in [0.3, 0.4) is 0 Å². The number of anilines is 1. The molecule has 1 saturated heterocycles. The van der Waals surface area contributed by atoms with E-state index in [0.717, 1.165) is 54.5 Å². The van der Waals surface area contributed by atoms with Crippen molar-refractivity contribution in [2.75, 3.05) is 18.4 Å². The summed E-state index contributed by atoms with van der Waals surface area (Å²) < 4.78 is 6.12. The zero-order chi connectivity index (χ0) is 20.5. The van der Waals surface area contributed by atoms with E-state index in [2.05, 4.69) is 16.7 Å². The van der Waals surface area contributed by atoms with Crippen molar-refractivity contribution in [2.45, 2.75) is 51.4 Å². The number of nitrogens with zero attached hydrogens (tertiary/aromatic N) is 1. The van der Waals surface area contributed by atoms with E-state index in [1.807, 2.05) is 37.3 Å². The summed E-state index contributed by atoms with van der Waals surface area (Å²) in [5.74, 6) is 3.78. The fourth-order valence-electron chi connectivity index (χ4n) is 5.40. The summed E-state index contributed by atoms with van der Waals surface area (Å²) >= 11 is 0. The molecule has 2 N–H and O–H groups in total. The summed E-state index contributed by atoms with van der Waals surface area (Å²) in [6.07, 6.45) is 7.25. The number of ether oxygens (including phenoxy) is 1. The normalized spacial score (nSPS) is 26.0. The summed E-state index contributed by atoms with van der Waals surface area (Å²) in [7, 11) is 0. The van der Waals surface area contributed by atoms with E-state index in [1.54, 1.807) is 0 Å². The van der Waals surface area contributed by atoms with Gasteiger partial charge in [-0.05, 0) is 81.8 Å². The SMILES string of the molecule is Cc1cc(Oc2ccc(NC(=O)C3C4CCCCC43)cc2)cc(C2CCNCC2)n1. The van der Waals surface area contributed by atoms with Crippen LogP contribution >= 0.6 is 0 Å². The van der Waals surface area contributed by atoms with Crippen molar-refractivity contribution in [3.8, 4) is 11.5 Å². The number of hydrogen-bond donors (Lipinski definition) is 2. The summed E-state index contributed by atoms with van der Waals surface area (Å²) in [6.45, 7) is 4.11. The Labute approximate surface area is 178 Å². The number of piperidine rings is 1. The molecule has 1 aromatic heterocycles. The number of pyridine rings is 1. The number of aryl methyl sites for hydroxylation is 1. The van der Waals surface area contributed by atoms with Gasteiger partial charge in [0.15, 0.2) is 0 Å². The lowest BCUT2D eigenvalue weighted by molar-refractivity contribution is -0.117. The molecule has 2 atom stereocenters. The molecule has 1 aliphatic heterocycles. The third kappa shape index (κ3) is 4.22. The minimum atomic E-state index is 0.192. The third-order valence-electron chi connectivity index (χ3n) is 7.02. The maximum absolute atomic E-state index is 12.6. The Kier molecular flexibility index (Phi) is 5.47. The lowest BCUT2D eigenvalue weighted by atomic mass is 9.94. The molecule has 5 nitrogen and oxygen atoms in total. The van der Waals surface area contributed by atoms with Crippen molar-refractivity contribution in [3.05, 3.63) is 47.8 Å². The predicted molar refractivity (Wildman–Crippen MR) is 118 cm³/mol. The highest BCUT2D eigenvalue weighted by atomic mass is 16.5. The smallest absolute Gasteiger partial charge is 0.228 e. The molecule has 30 heavy (non-hydrogen) atoms. The van der Waals surface area contributed by atoms with Gasteiger partial charge in [-0.1, -0.05) is 12.8 Å². The maximum atomic E-state index is 12.6. The lowest BCUT2D eigenvalue weighted by Crippen LogP contribution is -2.27. The van der Waals surface area contributed by atoms with Gasteiger partial charge in [-0.25, -0.2) is 0 Å². The first-order valence-electron chi connectivity index (χ1n) is 11.5. The summed E-state index contributed by atoms with van der Waals surface area (Å²) in [5.41, 5.74) is 2.95. The van der Waals surface area contributed by atoms with Crippen LogP contribution in [0.2, 0.25) is 0 Å². The molecule has 3 aliphatic rings. The van der Waals surface area contributed by atoms with E-state index in [1.165, 1.54) is 25.7 Å². The number of amides is 1. The average molecular weight is 406 g/mol. The molecule has 2 saturated carbocycles. The number of hydrogen-bond acceptors (Lipinski definition) is 4. The van der Waals surface area contributed by atoms with Crippen molar-refractivity contribution >= 4 is 11.6 Å². The molecule has 2 aromatic rings. The molecule has 2 heterocycles. The van der Waals surface area contributed by atoms with Crippen LogP contribution in [0.1, 0.15) is 55.8 Å². The van der Waals surface area contributed by atoms with E-state index in [4.69, 9.17) is 9.72 Å². The lowest BCUT2D eigenvalue weighted by Gasteiger charge is -2.22. The van der Waals surface area contributed by atoms with Crippen LogP contribution in [0.5, 0.6) is 11.5 Å². The minimum Gasteiger partial charge on any atom is -0.457 e. The van der Waals surface area contributed by atoms with Gasteiger partial charge in [-0.2, -0.15) is 0 Å². The Morgan fingerprint density at radius 1 is 1.00 bits per heavy atom. The number of carbonyl (C=O) groups excluding carboxylic acids is 1. The molecule has 0 spiro atoms. The third-order valence-corrected chi connectivity index (χ3v) is 7.02. The quantitative estimate of drug-likeness (QED) is 0.733. The molecule has 0 radical (unpaired) electrons. The van der Waals surface area contributed by atoms with Gasteiger partial charge in [0.1, 0.15) is 11.5 Å². The van der Waals surface area contributed by atoms with Crippen LogP contribution in [-0.4, -0.2) is 24.0 Å². The monoisotopic (exact) mass is 405 g/mol. The van der Waals surface area contributed by atoms with E-state index < -0.39 is 0 Å². The van der Waals surface area contributed by atoms with Crippen molar-refractivity contribution in [1.82, 2.24) is 10.3 Å². The first kappa shape index (κ1) is 19.6. The Bertz CT molecular complexity index is 893. The van der Waals surface area contributed by atoms with Gasteiger partial charge in [0.2, 0.25) is 5.91 Å². The molecule has 2 unspecified atom stereocenters. The largest absolute Gasteiger partial charge is 0.457 e. The van der Waals surface area contributed by atoms with Crippen LogP contribution in [0.4, 0.5) is 5.69 Å². The highest BCUT2D eigenvalue weighted by Gasteiger charge is 2.54. The Morgan fingerprint density at radius 2 is 1.70 bits per heavy atom. The van der Waals surface area contributed by atoms with Gasteiger partial charge in [0, 0.05) is 41.0 Å². The fourth-order valence-corrected chi connectivity index (χ4v) is 5.40. The van der Waals surface area contributed by atoms with E-state index in [-0.39, 0.29) is 11.8 Å². The topological polar surface area (TPSA) is 63.2 Å². The highest BCUT2D eigenvalue weighted by molar-refractivity contribution is 5.94. The Hall–Kier alpha value is -2.40. The molecule has 3 fully saturated rings. The molecule has 2 aliphatic carbocycles. The second-order valence-electron chi connectivity index (χ2n) is 9.15. The maximum Gasteiger partial charge on any atom is 0.228 e. The van der Waals surface area contributed by atoms with E-state index >= 15 is 0 Å². The van der Waals surface area contributed by atoms with E-state index in [0.29, 0.717) is 17.8 Å². The molecule has 5 rings (SSSR count). The molecule has 158 valence electrons. The second-order valence-corrected chi connectivity index (χ2v) is 9.15. The summed E-state index contributed by atoms with van der Waals surface area (Å²) in [6, 6.07) is 11.8. The molecular weight excluding hydrogens is 374 g/mol. The summed E-state index contributed by atoms with van der Waals surface area (Å²) in [5, 5.41) is 6.51. The molecule has 1 amide bonds. The van der Waals surface area contributed by atoms with Crippen molar-refractivity contribution in [3.63, 3.8) is 0 Å². The van der Waals surface area contributed by atoms with Crippen molar-refractivity contribution in [2.24, 2.45) is 17.8 Å². The van der Waals surface area contributed by atoms with Crippen LogP contribution in [-0.2, 0) is 4.79 Å². The number of nitrogens with one attached hydrogen (secondary N) is 2. The van der Waals surface area contributed by atoms with Crippen LogP contribution < -0.4 is 15.4 Å². The number of aromatic nitrogens is 1. The minimum absolute atomic E-state index is 0.192. The number of benzene rings is 1. The Balaban J connectivity index is 1.22. The van der Waals surface area contributed by atoms with Gasteiger partial charge in [-0.3, -0.25) is 9.78 Å². The van der Waals surface area contributed by atoms with Gasteiger partial charge < -0.3 is 15.4 Å². The molecule has 0 bridgehead atoms. The zero-order valence-electron chi connectivity index (χ0n) is 17.7.